The van der Waals surface area contributed by atoms with Gasteiger partial charge in [-0.3, -0.25) is 9.69 Å². The van der Waals surface area contributed by atoms with Crippen molar-refractivity contribution in [3.05, 3.63) is 56.3 Å². The average Bonchev–Trinajstić information content (AvgIpc) is 2.70. The first-order valence-electron chi connectivity index (χ1n) is 11.0. The minimum Gasteiger partial charge on any atom is -0.416 e. The first-order chi connectivity index (χ1) is 14.9. The summed E-state index contributed by atoms with van der Waals surface area (Å²) in [4.78, 5) is 20.0. The third-order valence-electron chi connectivity index (χ3n) is 6.59. The van der Waals surface area contributed by atoms with E-state index in [0.717, 1.165) is 48.4 Å². The average molecular weight is 539 g/mol. The molecule has 2 heterocycles. The van der Waals surface area contributed by atoms with Gasteiger partial charge in [0.15, 0.2) is 8.32 Å². The van der Waals surface area contributed by atoms with Gasteiger partial charge in [0.2, 0.25) is 0 Å². The first kappa shape index (κ1) is 25.4. The molecule has 0 atom stereocenters. The zero-order chi connectivity index (χ0) is 23.7. The summed E-state index contributed by atoms with van der Waals surface area (Å²) in [5, 5.41) is 3.57. The predicted molar refractivity (Wildman–Crippen MR) is 138 cm³/mol. The second kappa shape index (κ2) is 9.93. The summed E-state index contributed by atoms with van der Waals surface area (Å²) in [6, 6.07) is 7.32. The van der Waals surface area contributed by atoms with Crippen molar-refractivity contribution in [2.24, 2.45) is 0 Å². The van der Waals surface area contributed by atoms with Crippen molar-refractivity contribution in [2.45, 2.75) is 58.8 Å². The molecule has 2 aromatic rings. The molecule has 0 saturated carbocycles. The highest BCUT2D eigenvalue weighted by Crippen LogP contribution is 2.36. The van der Waals surface area contributed by atoms with Crippen LogP contribution in [0.25, 0.3) is 0 Å². The van der Waals surface area contributed by atoms with E-state index in [1.54, 1.807) is 6.07 Å². The van der Waals surface area contributed by atoms with Gasteiger partial charge in [-0.2, -0.15) is 0 Å². The Bertz CT molecular complexity index is 1010. The van der Waals surface area contributed by atoms with Crippen molar-refractivity contribution >= 4 is 47.4 Å². The third kappa shape index (κ3) is 5.80. The maximum atomic E-state index is 12.9. The molecule has 1 aliphatic heterocycles. The number of aromatic nitrogens is 1. The predicted octanol–water partition coefficient (Wildman–Crippen LogP) is 6.44. The Morgan fingerprint density at radius 1 is 1.34 bits per heavy atom. The van der Waals surface area contributed by atoms with E-state index in [1.165, 1.54) is 5.56 Å². The van der Waals surface area contributed by atoms with Crippen LogP contribution in [0, 0.1) is 6.92 Å². The molecule has 0 saturated heterocycles. The maximum absolute atomic E-state index is 12.9. The fraction of sp³-hybridized carbons (Fsp3) is 0.500. The number of rotatable bonds is 6. The molecule has 0 fully saturated rings. The lowest BCUT2D eigenvalue weighted by atomic mass is 9.99. The fourth-order valence-corrected chi connectivity index (χ4v) is 5.11. The van der Waals surface area contributed by atoms with Crippen LogP contribution in [0.4, 0.5) is 5.69 Å². The number of carbonyl (C=O) groups is 1. The summed E-state index contributed by atoms with van der Waals surface area (Å²) in [6.45, 7) is 16.7. The van der Waals surface area contributed by atoms with E-state index >= 15 is 0 Å². The van der Waals surface area contributed by atoms with E-state index in [0.29, 0.717) is 16.4 Å². The van der Waals surface area contributed by atoms with Crippen molar-refractivity contribution in [2.75, 3.05) is 25.0 Å². The smallest absolute Gasteiger partial charge is 0.274 e. The number of halogens is 2. The molecule has 0 radical (unpaired) electrons. The number of nitrogens with zero attached hydrogens (tertiary/aromatic N) is 2. The van der Waals surface area contributed by atoms with Gasteiger partial charge in [0.05, 0.1) is 16.4 Å². The lowest BCUT2D eigenvalue weighted by molar-refractivity contribution is 0.102. The fourth-order valence-electron chi connectivity index (χ4n) is 3.54. The van der Waals surface area contributed by atoms with Crippen molar-refractivity contribution < 1.29 is 9.22 Å². The van der Waals surface area contributed by atoms with E-state index in [-0.39, 0.29) is 10.9 Å². The molecule has 1 aromatic heterocycles. The Balaban J connectivity index is 1.69. The zero-order valence-electron chi connectivity index (χ0n) is 19.8. The lowest BCUT2D eigenvalue weighted by Gasteiger charge is -2.37. The Morgan fingerprint density at radius 3 is 2.75 bits per heavy atom. The summed E-state index contributed by atoms with van der Waals surface area (Å²) in [7, 11) is -1.75. The summed E-state index contributed by atoms with van der Waals surface area (Å²) in [6.07, 6.45) is 0.938. The molecule has 3 rings (SSSR count). The van der Waals surface area contributed by atoms with Crippen LogP contribution in [0.2, 0.25) is 23.2 Å². The normalized spacial score (nSPS) is 14.9. The number of amides is 1. The summed E-state index contributed by atoms with van der Waals surface area (Å²) in [5.41, 5.74) is 4.32. The van der Waals surface area contributed by atoms with Gasteiger partial charge in [-0.25, -0.2) is 4.98 Å². The van der Waals surface area contributed by atoms with Crippen LogP contribution in [0.3, 0.4) is 0 Å². The second-order valence-corrected chi connectivity index (χ2v) is 16.0. The molecule has 32 heavy (non-hydrogen) atoms. The standard InChI is InChI=1S/C24H33BrClN3O2Si/c1-16-14-20(23(30)28-19-9-7-8-18(25)22(19)26)27-21-15-29(11-10-17(16)21)12-13-31-32(5,6)24(2,3)4/h7-9,14H,10-13,15H2,1-6H3,(H,28,30). The van der Waals surface area contributed by atoms with Crippen molar-refractivity contribution in [3.8, 4) is 0 Å². The number of anilines is 1. The van der Waals surface area contributed by atoms with E-state index < -0.39 is 8.32 Å². The molecular formula is C24H33BrClN3O2Si. The molecule has 1 aromatic carbocycles. The highest BCUT2D eigenvalue weighted by atomic mass is 79.9. The second-order valence-electron chi connectivity index (χ2n) is 9.94. The molecule has 1 aliphatic rings. The van der Waals surface area contributed by atoms with Crippen LogP contribution >= 0.6 is 27.5 Å². The Hall–Kier alpha value is -1.25. The van der Waals surface area contributed by atoms with E-state index in [2.05, 4.69) is 66.9 Å². The number of benzene rings is 1. The highest BCUT2D eigenvalue weighted by molar-refractivity contribution is 9.10. The Labute approximate surface area is 206 Å². The number of hydrogen-bond acceptors (Lipinski definition) is 4. The highest BCUT2D eigenvalue weighted by Gasteiger charge is 2.37. The van der Waals surface area contributed by atoms with Crippen molar-refractivity contribution in [1.82, 2.24) is 9.88 Å². The Kier molecular flexibility index (Phi) is 7.88. The molecule has 0 bridgehead atoms. The largest absolute Gasteiger partial charge is 0.416 e. The lowest BCUT2D eigenvalue weighted by Crippen LogP contribution is -2.43. The molecular weight excluding hydrogens is 506 g/mol. The van der Waals surface area contributed by atoms with Crippen LogP contribution in [0.15, 0.2) is 28.7 Å². The van der Waals surface area contributed by atoms with Gasteiger partial charge in [-0.15, -0.1) is 0 Å². The number of carbonyl (C=O) groups excluding carboxylic acids is 1. The van der Waals surface area contributed by atoms with Crippen LogP contribution < -0.4 is 5.32 Å². The van der Waals surface area contributed by atoms with Gasteiger partial charge in [0.25, 0.3) is 5.91 Å². The summed E-state index contributed by atoms with van der Waals surface area (Å²) in [5.74, 6) is -0.255. The summed E-state index contributed by atoms with van der Waals surface area (Å²) < 4.78 is 7.09. The van der Waals surface area contributed by atoms with Crippen molar-refractivity contribution in [3.63, 3.8) is 0 Å². The third-order valence-corrected chi connectivity index (χ3v) is 12.4. The number of nitrogens with one attached hydrogen (secondary N) is 1. The Morgan fingerprint density at radius 2 is 2.06 bits per heavy atom. The van der Waals surface area contributed by atoms with Gasteiger partial charge in [0, 0.05) is 30.7 Å². The van der Waals surface area contributed by atoms with E-state index in [4.69, 9.17) is 21.0 Å². The van der Waals surface area contributed by atoms with Gasteiger partial charge >= 0.3 is 0 Å². The van der Waals surface area contributed by atoms with Gasteiger partial charge < -0.3 is 9.74 Å². The van der Waals surface area contributed by atoms with Gasteiger partial charge in [-0.1, -0.05) is 38.4 Å². The van der Waals surface area contributed by atoms with Crippen LogP contribution in [0.5, 0.6) is 0 Å². The number of pyridine rings is 1. The molecule has 1 amide bonds. The van der Waals surface area contributed by atoms with Crippen LogP contribution in [0.1, 0.15) is 48.1 Å². The molecule has 0 spiro atoms. The molecule has 8 heteroatoms. The van der Waals surface area contributed by atoms with Gasteiger partial charge in [0.1, 0.15) is 5.69 Å². The zero-order valence-corrected chi connectivity index (χ0v) is 23.2. The minimum atomic E-state index is -1.75. The van der Waals surface area contributed by atoms with Crippen LogP contribution in [-0.4, -0.2) is 43.8 Å². The molecule has 0 unspecified atom stereocenters. The van der Waals surface area contributed by atoms with Gasteiger partial charge in [-0.05, 0) is 76.7 Å². The monoisotopic (exact) mass is 537 g/mol. The quantitative estimate of drug-likeness (QED) is 0.430. The van der Waals surface area contributed by atoms with E-state index in [1.807, 2.05) is 18.2 Å². The maximum Gasteiger partial charge on any atom is 0.274 e. The number of fused-ring (bicyclic) bond motifs is 1. The van der Waals surface area contributed by atoms with Crippen LogP contribution in [-0.2, 0) is 17.4 Å². The first-order valence-corrected chi connectivity index (χ1v) is 15.1. The minimum absolute atomic E-state index is 0.208. The van der Waals surface area contributed by atoms with Crippen molar-refractivity contribution in [1.29, 1.82) is 0 Å². The summed E-state index contributed by atoms with van der Waals surface area (Å²) >= 11 is 9.69. The molecule has 5 nitrogen and oxygen atoms in total. The topological polar surface area (TPSA) is 54.5 Å². The molecule has 174 valence electrons. The number of hydrogen-bond donors (Lipinski definition) is 1. The molecule has 1 N–H and O–H groups in total. The molecule has 0 aliphatic carbocycles. The number of aryl methyl sites for hydroxylation is 1. The van der Waals surface area contributed by atoms with E-state index in [9.17, 15) is 4.79 Å². The SMILES string of the molecule is Cc1cc(C(=O)Nc2cccc(Br)c2Cl)nc2c1CCN(CCO[Si](C)(C)C(C)(C)C)C2.